The minimum Gasteiger partial charge on any atom is -0.495 e. The number of nitrogens with zero attached hydrogens (tertiary/aromatic N) is 1. The van der Waals surface area contributed by atoms with Crippen LogP contribution in [0.2, 0.25) is 5.02 Å². The fourth-order valence-electron chi connectivity index (χ4n) is 1.51. The predicted octanol–water partition coefficient (Wildman–Crippen LogP) is 2.24. The molecule has 1 aromatic heterocycles. The lowest BCUT2D eigenvalue weighted by Gasteiger charge is -2.04. The number of aromatic amines is 1. The number of nitrogens with one attached hydrogen (secondary N) is 1. The number of nitrogens with two attached hydrogens (primary N) is 1. The van der Waals surface area contributed by atoms with Crippen molar-refractivity contribution in [2.24, 2.45) is 0 Å². The van der Waals surface area contributed by atoms with Crippen LogP contribution in [0.25, 0.3) is 0 Å². The van der Waals surface area contributed by atoms with Crippen LogP contribution in [0, 0.1) is 0 Å². The van der Waals surface area contributed by atoms with E-state index in [0.717, 1.165) is 11.3 Å². The molecule has 4 nitrogen and oxygen atoms in total. The van der Waals surface area contributed by atoms with Crippen LogP contribution in [0.5, 0.6) is 5.75 Å². The molecule has 3 N–H and O–H groups in total. The van der Waals surface area contributed by atoms with Crippen LogP contribution in [-0.2, 0) is 6.42 Å². The average molecular weight is 238 g/mol. The molecule has 0 unspecified atom stereocenters. The molecule has 0 aliphatic carbocycles. The molecule has 0 aliphatic rings. The van der Waals surface area contributed by atoms with Gasteiger partial charge in [-0.3, -0.25) is 5.10 Å². The number of nitrogen functional groups attached to an aromatic ring is 1. The van der Waals surface area contributed by atoms with Crippen LogP contribution in [0.4, 0.5) is 5.82 Å². The summed E-state index contributed by atoms with van der Waals surface area (Å²) in [6.45, 7) is 0. The monoisotopic (exact) mass is 237 g/mol. The molecule has 1 heterocycles. The van der Waals surface area contributed by atoms with E-state index in [0.29, 0.717) is 23.0 Å². The molecule has 0 atom stereocenters. The number of hydrogen-bond donors (Lipinski definition) is 2. The third-order valence-corrected chi connectivity index (χ3v) is 2.56. The Morgan fingerprint density at radius 2 is 2.25 bits per heavy atom. The van der Waals surface area contributed by atoms with Crippen molar-refractivity contribution in [1.82, 2.24) is 10.2 Å². The van der Waals surface area contributed by atoms with E-state index in [1.807, 2.05) is 18.2 Å². The summed E-state index contributed by atoms with van der Waals surface area (Å²) in [5, 5.41) is 7.32. The first-order valence-corrected chi connectivity index (χ1v) is 5.19. The van der Waals surface area contributed by atoms with Gasteiger partial charge in [-0.05, 0) is 17.7 Å². The third kappa shape index (κ3) is 2.28. The third-order valence-electron chi connectivity index (χ3n) is 2.26. The minimum atomic E-state index is 0.495. The van der Waals surface area contributed by atoms with Gasteiger partial charge < -0.3 is 10.5 Å². The van der Waals surface area contributed by atoms with Crippen LogP contribution in [0.1, 0.15) is 11.3 Å². The lowest BCUT2D eigenvalue weighted by molar-refractivity contribution is 0.415. The molecule has 0 bridgehead atoms. The number of methoxy groups -OCH3 is 1. The molecule has 2 aromatic rings. The highest BCUT2D eigenvalue weighted by Crippen LogP contribution is 2.25. The van der Waals surface area contributed by atoms with Crippen molar-refractivity contribution >= 4 is 17.4 Å². The molecule has 0 aliphatic heterocycles. The average Bonchev–Trinajstić information content (AvgIpc) is 2.64. The maximum atomic E-state index is 6.03. The first kappa shape index (κ1) is 10.8. The Kier molecular flexibility index (Phi) is 3.01. The molecule has 0 spiro atoms. The van der Waals surface area contributed by atoms with Gasteiger partial charge in [-0.1, -0.05) is 17.7 Å². The van der Waals surface area contributed by atoms with E-state index in [-0.39, 0.29) is 0 Å². The van der Waals surface area contributed by atoms with Gasteiger partial charge in [0.05, 0.1) is 12.1 Å². The number of H-pyrrole nitrogens is 1. The smallest absolute Gasteiger partial charge is 0.145 e. The lowest BCUT2D eigenvalue weighted by Crippen LogP contribution is -1.90. The first-order chi connectivity index (χ1) is 7.69. The quantitative estimate of drug-likeness (QED) is 0.861. The van der Waals surface area contributed by atoms with Crippen molar-refractivity contribution in [2.45, 2.75) is 6.42 Å². The number of hydrogen-bond acceptors (Lipinski definition) is 3. The van der Waals surface area contributed by atoms with Crippen LogP contribution in [-0.4, -0.2) is 17.3 Å². The van der Waals surface area contributed by atoms with E-state index in [2.05, 4.69) is 10.2 Å². The molecule has 0 saturated heterocycles. The van der Waals surface area contributed by atoms with Crippen molar-refractivity contribution < 1.29 is 4.74 Å². The summed E-state index contributed by atoms with van der Waals surface area (Å²) in [7, 11) is 1.59. The van der Waals surface area contributed by atoms with Gasteiger partial charge in [0.1, 0.15) is 11.6 Å². The Bertz CT molecular complexity index is 496. The fourth-order valence-corrected chi connectivity index (χ4v) is 1.79. The van der Waals surface area contributed by atoms with E-state index < -0.39 is 0 Å². The second kappa shape index (κ2) is 4.45. The molecule has 0 saturated carbocycles. The summed E-state index contributed by atoms with van der Waals surface area (Å²) < 4.78 is 5.08. The number of ether oxygens (including phenoxy) is 1. The van der Waals surface area contributed by atoms with Gasteiger partial charge in [-0.25, -0.2) is 0 Å². The summed E-state index contributed by atoms with van der Waals surface area (Å²) in [6.07, 6.45) is 0.716. The van der Waals surface area contributed by atoms with Gasteiger partial charge in [0, 0.05) is 18.2 Å². The van der Waals surface area contributed by atoms with Crippen molar-refractivity contribution in [3.8, 4) is 5.75 Å². The SMILES string of the molecule is COc1ccc(Cc2cc(N)n[nH]2)cc1Cl. The molecule has 16 heavy (non-hydrogen) atoms. The van der Waals surface area contributed by atoms with E-state index in [1.54, 1.807) is 13.2 Å². The number of rotatable bonds is 3. The van der Waals surface area contributed by atoms with Crippen molar-refractivity contribution in [1.29, 1.82) is 0 Å². The Labute approximate surface area is 98.4 Å². The predicted molar refractivity (Wildman–Crippen MR) is 63.8 cm³/mol. The second-order valence-corrected chi connectivity index (χ2v) is 3.87. The minimum absolute atomic E-state index is 0.495. The topological polar surface area (TPSA) is 63.9 Å². The Balaban J connectivity index is 2.19. The first-order valence-electron chi connectivity index (χ1n) is 4.81. The highest BCUT2D eigenvalue weighted by Gasteiger charge is 2.04. The van der Waals surface area contributed by atoms with Crippen molar-refractivity contribution in [2.75, 3.05) is 12.8 Å². The molecule has 2 rings (SSSR count). The fraction of sp³-hybridized carbons (Fsp3) is 0.182. The van der Waals surface area contributed by atoms with E-state index in [1.165, 1.54) is 0 Å². The largest absolute Gasteiger partial charge is 0.495 e. The van der Waals surface area contributed by atoms with Crippen molar-refractivity contribution in [3.05, 3.63) is 40.5 Å². The molecule has 0 radical (unpaired) electrons. The van der Waals surface area contributed by atoms with E-state index in [4.69, 9.17) is 22.1 Å². The Hall–Kier alpha value is -1.68. The summed E-state index contributed by atoms with van der Waals surface area (Å²) in [5.74, 6) is 1.17. The van der Waals surface area contributed by atoms with Gasteiger partial charge in [0.2, 0.25) is 0 Å². The normalized spacial score (nSPS) is 10.4. The maximum absolute atomic E-state index is 6.03. The summed E-state index contributed by atoms with van der Waals surface area (Å²) in [5.41, 5.74) is 7.55. The molecular weight excluding hydrogens is 226 g/mol. The highest BCUT2D eigenvalue weighted by atomic mass is 35.5. The molecule has 84 valence electrons. The zero-order chi connectivity index (χ0) is 11.5. The zero-order valence-electron chi connectivity index (χ0n) is 8.83. The van der Waals surface area contributed by atoms with Crippen molar-refractivity contribution in [3.63, 3.8) is 0 Å². The zero-order valence-corrected chi connectivity index (χ0v) is 9.58. The Morgan fingerprint density at radius 3 is 2.81 bits per heavy atom. The Morgan fingerprint density at radius 1 is 1.44 bits per heavy atom. The van der Waals surface area contributed by atoms with Crippen LogP contribution >= 0.6 is 11.6 Å². The van der Waals surface area contributed by atoms with Crippen LogP contribution < -0.4 is 10.5 Å². The maximum Gasteiger partial charge on any atom is 0.145 e. The molecular formula is C11H12ClN3O. The molecule has 0 fully saturated rings. The molecule has 0 amide bonds. The van der Waals surface area contributed by atoms with E-state index in [9.17, 15) is 0 Å². The van der Waals surface area contributed by atoms with Crippen LogP contribution in [0.15, 0.2) is 24.3 Å². The molecule has 1 aromatic carbocycles. The van der Waals surface area contributed by atoms with Gasteiger partial charge >= 0.3 is 0 Å². The van der Waals surface area contributed by atoms with Gasteiger partial charge in [0.25, 0.3) is 0 Å². The van der Waals surface area contributed by atoms with Gasteiger partial charge in [0.15, 0.2) is 0 Å². The highest BCUT2D eigenvalue weighted by molar-refractivity contribution is 6.32. The van der Waals surface area contributed by atoms with Gasteiger partial charge in [-0.15, -0.1) is 0 Å². The lowest BCUT2D eigenvalue weighted by atomic mass is 10.1. The number of benzene rings is 1. The van der Waals surface area contributed by atoms with Gasteiger partial charge in [-0.2, -0.15) is 5.10 Å². The standard InChI is InChI=1S/C11H12ClN3O/c1-16-10-3-2-7(5-9(10)12)4-8-6-11(13)15-14-8/h2-3,5-6H,4H2,1H3,(H3,13,14,15). The number of halogens is 1. The number of anilines is 1. The summed E-state index contributed by atoms with van der Waals surface area (Å²) in [4.78, 5) is 0. The summed E-state index contributed by atoms with van der Waals surface area (Å²) in [6, 6.07) is 7.48. The van der Waals surface area contributed by atoms with E-state index >= 15 is 0 Å². The number of aromatic nitrogens is 2. The summed E-state index contributed by atoms with van der Waals surface area (Å²) >= 11 is 6.03. The van der Waals surface area contributed by atoms with Crippen LogP contribution in [0.3, 0.4) is 0 Å². The second-order valence-electron chi connectivity index (χ2n) is 3.46. The molecule has 5 heteroatoms.